The summed E-state index contributed by atoms with van der Waals surface area (Å²) < 4.78 is 17.3. The molecule has 7 nitrogen and oxygen atoms in total. The van der Waals surface area contributed by atoms with Gasteiger partial charge in [-0.1, -0.05) is 0 Å². The molecule has 8 heteroatoms. The van der Waals surface area contributed by atoms with Crippen LogP contribution in [0.2, 0.25) is 0 Å². The number of nitrogens with two attached hydrogens (primary N) is 1. The van der Waals surface area contributed by atoms with Crippen LogP contribution in [0.5, 0.6) is 0 Å². The molecule has 2 N–H and O–H groups in total. The summed E-state index contributed by atoms with van der Waals surface area (Å²) in [7, 11) is 1.92. The van der Waals surface area contributed by atoms with Gasteiger partial charge in [0.2, 0.25) is 0 Å². The molecule has 0 bridgehead atoms. The monoisotopic (exact) mass is 353 g/mol. The van der Waals surface area contributed by atoms with Crippen LogP contribution in [0.1, 0.15) is 31.7 Å². The largest absolute Gasteiger partial charge is 0.382 e. The molecule has 0 saturated heterocycles. The first-order valence-corrected chi connectivity index (χ1v) is 8.70. The zero-order valence-corrected chi connectivity index (χ0v) is 14.5. The van der Waals surface area contributed by atoms with Crippen molar-refractivity contribution in [3.8, 4) is 17.3 Å². The Hall–Kier alpha value is -2.95. The molecule has 4 rings (SSSR count). The van der Waals surface area contributed by atoms with Gasteiger partial charge in [-0.2, -0.15) is 10.4 Å². The first kappa shape index (κ1) is 16.5. The second-order valence-corrected chi connectivity index (χ2v) is 6.89. The van der Waals surface area contributed by atoms with Gasteiger partial charge in [0.15, 0.2) is 5.82 Å². The lowest BCUT2D eigenvalue weighted by atomic mass is 9.96. The van der Waals surface area contributed by atoms with Gasteiger partial charge in [0.1, 0.15) is 18.1 Å². The van der Waals surface area contributed by atoms with Crippen molar-refractivity contribution in [2.45, 2.75) is 37.9 Å². The van der Waals surface area contributed by atoms with Gasteiger partial charge >= 0.3 is 0 Å². The highest BCUT2D eigenvalue weighted by atomic mass is 19.1. The van der Waals surface area contributed by atoms with Gasteiger partial charge in [-0.05, 0) is 31.2 Å². The van der Waals surface area contributed by atoms with Crippen LogP contribution in [0.4, 0.5) is 10.2 Å². The molecule has 3 unspecified atom stereocenters. The van der Waals surface area contributed by atoms with E-state index in [9.17, 15) is 9.65 Å². The number of rotatable bonds is 4. The Kier molecular flexibility index (Phi) is 4.07. The minimum atomic E-state index is -0.792. The van der Waals surface area contributed by atoms with Crippen LogP contribution < -0.4 is 5.73 Å². The maximum Gasteiger partial charge on any atom is 0.154 e. The molecule has 0 aromatic carbocycles. The van der Waals surface area contributed by atoms with E-state index in [2.05, 4.69) is 21.1 Å². The van der Waals surface area contributed by atoms with Gasteiger partial charge < -0.3 is 10.3 Å². The van der Waals surface area contributed by atoms with Crippen molar-refractivity contribution in [1.82, 2.24) is 24.3 Å². The van der Waals surface area contributed by atoms with Crippen molar-refractivity contribution in [1.29, 1.82) is 5.26 Å². The summed E-state index contributed by atoms with van der Waals surface area (Å²) in [6.07, 6.45) is 6.52. The number of nitriles is 1. The average Bonchev–Trinajstić information content (AvgIpc) is 3.32. The fourth-order valence-electron chi connectivity index (χ4n) is 3.93. The van der Waals surface area contributed by atoms with Gasteiger partial charge in [-0.3, -0.25) is 4.68 Å². The number of hydrogen-bond donors (Lipinski definition) is 1. The lowest BCUT2D eigenvalue weighted by Gasteiger charge is -2.21. The van der Waals surface area contributed by atoms with Crippen LogP contribution in [-0.4, -0.2) is 30.5 Å². The Morgan fingerprint density at radius 1 is 1.42 bits per heavy atom. The van der Waals surface area contributed by atoms with Crippen molar-refractivity contribution < 1.29 is 4.39 Å². The molecule has 134 valence electrons. The molecule has 1 fully saturated rings. The predicted octanol–water partition coefficient (Wildman–Crippen LogP) is 3.01. The fraction of sp³-hybridized carbons (Fsp3) is 0.444. The zero-order valence-electron chi connectivity index (χ0n) is 14.5. The minimum absolute atomic E-state index is 0.0962. The molecule has 0 amide bonds. The number of aromatic nitrogens is 5. The third kappa shape index (κ3) is 2.69. The molecule has 26 heavy (non-hydrogen) atoms. The highest BCUT2D eigenvalue weighted by molar-refractivity contribution is 5.93. The second-order valence-electron chi connectivity index (χ2n) is 6.89. The third-order valence-electron chi connectivity index (χ3n) is 5.27. The Balaban J connectivity index is 1.75. The normalized spacial score (nSPS) is 21.1. The summed E-state index contributed by atoms with van der Waals surface area (Å²) in [6.45, 7) is 0. The van der Waals surface area contributed by atoms with Gasteiger partial charge in [0.05, 0.1) is 29.8 Å². The van der Waals surface area contributed by atoms with E-state index in [0.717, 1.165) is 17.5 Å². The van der Waals surface area contributed by atoms with Crippen molar-refractivity contribution in [3.05, 3.63) is 24.8 Å². The molecule has 0 radical (unpaired) electrons. The van der Waals surface area contributed by atoms with Crippen LogP contribution in [0.25, 0.3) is 22.3 Å². The number of aryl methyl sites for hydroxylation is 1. The summed E-state index contributed by atoms with van der Waals surface area (Å²) in [5.74, 6) is 0.450. The van der Waals surface area contributed by atoms with Gasteiger partial charge in [0.25, 0.3) is 0 Å². The molecule has 3 atom stereocenters. The molecule has 0 spiro atoms. The van der Waals surface area contributed by atoms with Crippen molar-refractivity contribution in [2.24, 2.45) is 13.0 Å². The topological polar surface area (TPSA) is 98.3 Å². The van der Waals surface area contributed by atoms with Crippen molar-refractivity contribution in [3.63, 3.8) is 0 Å². The smallest absolute Gasteiger partial charge is 0.154 e. The van der Waals surface area contributed by atoms with Crippen molar-refractivity contribution in [2.75, 3.05) is 5.73 Å². The summed E-state index contributed by atoms with van der Waals surface area (Å²) in [4.78, 5) is 8.70. The van der Waals surface area contributed by atoms with E-state index in [1.165, 1.54) is 6.33 Å². The number of fused-ring (bicyclic) bond motifs is 1. The van der Waals surface area contributed by atoms with E-state index in [1.807, 2.05) is 30.1 Å². The Morgan fingerprint density at radius 2 is 2.27 bits per heavy atom. The number of hydrogen-bond acceptors (Lipinski definition) is 5. The van der Waals surface area contributed by atoms with Crippen LogP contribution in [-0.2, 0) is 7.05 Å². The van der Waals surface area contributed by atoms with Crippen LogP contribution in [0, 0.1) is 17.2 Å². The van der Waals surface area contributed by atoms with Gasteiger partial charge in [-0.25, -0.2) is 14.4 Å². The lowest BCUT2D eigenvalue weighted by molar-refractivity contribution is 0.280. The number of nitrogen functional groups attached to an aromatic ring is 1. The summed E-state index contributed by atoms with van der Waals surface area (Å²) in [6, 6.07) is 3.97. The standard InChI is InChI=1S/C18H20FN7/c1-25-7-5-13-16(22-10-23-18(13)25)14-9-26(24-17(14)21)15(4-6-20)11-2-3-12(19)8-11/h5,7,9-12,15H,2-4,8H2,1H3,(H2,21,24). The fourth-order valence-corrected chi connectivity index (χ4v) is 3.93. The molecular weight excluding hydrogens is 333 g/mol. The van der Waals surface area contributed by atoms with Gasteiger partial charge in [0, 0.05) is 24.8 Å². The Labute approximate surface area is 150 Å². The maximum atomic E-state index is 13.7. The molecule has 1 aliphatic rings. The number of alkyl halides is 1. The molecule has 3 aromatic heterocycles. The number of halogens is 1. The number of anilines is 1. The van der Waals surface area contributed by atoms with Crippen LogP contribution in [0.15, 0.2) is 24.8 Å². The zero-order chi connectivity index (χ0) is 18.3. The van der Waals surface area contributed by atoms with E-state index >= 15 is 0 Å². The molecule has 1 saturated carbocycles. The molecule has 1 aliphatic carbocycles. The number of nitrogens with zero attached hydrogens (tertiary/aromatic N) is 6. The van der Waals surface area contributed by atoms with E-state index in [-0.39, 0.29) is 18.4 Å². The van der Waals surface area contributed by atoms with E-state index in [4.69, 9.17) is 5.73 Å². The summed E-state index contributed by atoms with van der Waals surface area (Å²) in [5.41, 5.74) is 8.41. The van der Waals surface area contributed by atoms with E-state index in [0.29, 0.717) is 29.9 Å². The van der Waals surface area contributed by atoms with Gasteiger partial charge in [-0.15, -0.1) is 0 Å². The molecular formula is C18H20FN7. The van der Waals surface area contributed by atoms with Crippen molar-refractivity contribution >= 4 is 16.9 Å². The predicted molar refractivity (Wildman–Crippen MR) is 95.6 cm³/mol. The average molecular weight is 353 g/mol. The minimum Gasteiger partial charge on any atom is -0.382 e. The maximum absolute atomic E-state index is 13.7. The first-order chi connectivity index (χ1) is 12.6. The quantitative estimate of drug-likeness (QED) is 0.777. The molecule has 3 aromatic rings. The molecule has 0 aliphatic heterocycles. The Bertz CT molecular complexity index is 983. The molecule has 3 heterocycles. The highest BCUT2D eigenvalue weighted by Gasteiger charge is 2.33. The van der Waals surface area contributed by atoms with E-state index < -0.39 is 6.17 Å². The second kappa shape index (κ2) is 6.41. The summed E-state index contributed by atoms with van der Waals surface area (Å²) >= 11 is 0. The SMILES string of the molecule is Cn1ccc2c(-c3cn(C(CC#N)C4CCC(F)C4)nc3N)ncnc21. The first-order valence-electron chi connectivity index (χ1n) is 8.70. The van der Waals surface area contributed by atoms with Crippen LogP contribution in [0.3, 0.4) is 0 Å². The lowest BCUT2D eigenvalue weighted by Crippen LogP contribution is -2.18. The third-order valence-corrected chi connectivity index (χ3v) is 5.27. The van der Waals surface area contributed by atoms with Crippen LogP contribution >= 0.6 is 0 Å². The Morgan fingerprint density at radius 3 is 3.00 bits per heavy atom. The highest BCUT2D eigenvalue weighted by Crippen LogP contribution is 2.39. The summed E-state index contributed by atoms with van der Waals surface area (Å²) in [5, 5.41) is 14.6. The van der Waals surface area contributed by atoms with E-state index in [1.54, 1.807) is 4.68 Å².